The number of nitrogens with two attached hydrogens (primary N) is 1. The van der Waals surface area contributed by atoms with Crippen molar-refractivity contribution in [2.75, 3.05) is 16.4 Å². The fourth-order valence-corrected chi connectivity index (χ4v) is 3.14. The highest BCUT2D eigenvalue weighted by Crippen LogP contribution is 2.31. The van der Waals surface area contributed by atoms with Crippen molar-refractivity contribution in [2.45, 2.75) is 13.8 Å². The quantitative estimate of drug-likeness (QED) is 0.462. The molecule has 0 aliphatic heterocycles. The van der Waals surface area contributed by atoms with E-state index < -0.39 is 0 Å². The molecule has 0 fully saturated rings. The molecule has 3 aromatic carbocycles. The Morgan fingerprint density at radius 3 is 2.26 bits per heavy atom. The van der Waals surface area contributed by atoms with Crippen LogP contribution < -0.4 is 16.4 Å². The molecule has 4 N–H and O–H groups in total. The van der Waals surface area contributed by atoms with Crippen molar-refractivity contribution in [3.63, 3.8) is 0 Å². The Hall–Kier alpha value is -3.60. The summed E-state index contributed by atoms with van der Waals surface area (Å²) in [5.41, 5.74) is 11.1. The number of aryl methyl sites for hydroxylation is 2. The van der Waals surface area contributed by atoms with Crippen LogP contribution in [-0.2, 0) is 0 Å². The molecule has 4 rings (SSSR count). The number of nitrogens with one attached hydrogen (secondary N) is 2. The lowest BCUT2D eigenvalue weighted by Gasteiger charge is -2.15. The number of rotatable bonds is 4. The van der Waals surface area contributed by atoms with Crippen molar-refractivity contribution in [1.29, 1.82) is 0 Å². The molecule has 5 nitrogen and oxygen atoms in total. The maximum atomic E-state index is 6.35. The highest BCUT2D eigenvalue weighted by atomic mass is 15.1. The van der Waals surface area contributed by atoms with Gasteiger partial charge < -0.3 is 16.4 Å². The van der Waals surface area contributed by atoms with Crippen molar-refractivity contribution in [1.82, 2.24) is 9.97 Å². The SMILES string of the molecule is Cc1ccc(Nc2ncnc(Nc3cccc4ccccc34)c2N)c(C)c1. The van der Waals surface area contributed by atoms with E-state index in [1.807, 2.05) is 30.3 Å². The maximum Gasteiger partial charge on any atom is 0.159 e. The normalized spacial score (nSPS) is 10.7. The predicted octanol–water partition coefficient (Wildman–Crippen LogP) is 5.32. The molecule has 0 aliphatic rings. The molecule has 1 heterocycles. The molecule has 5 heteroatoms. The van der Waals surface area contributed by atoms with Gasteiger partial charge >= 0.3 is 0 Å². The van der Waals surface area contributed by atoms with E-state index in [9.17, 15) is 0 Å². The van der Waals surface area contributed by atoms with E-state index in [4.69, 9.17) is 5.73 Å². The van der Waals surface area contributed by atoms with Crippen LogP contribution in [0.3, 0.4) is 0 Å². The van der Waals surface area contributed by atoms with Crippen LogP contribution in [0, 0.1) is 13.8 Å². The van der Waals surface area contributed by atoms with Crippen LogP contribution in [0.4, 0.5) is 28.7 Å². The van der Waals surface area contributed by atoms with Gasteiger partial charge in [-0.2, -0.15) is 0 Å². The van der Waals surface area contributed by atoms with Crippen LogP contribution in [-0.4, -0.2) is 9.97 Å². The first kappa shape index (κ1) is 16.8. The summed E-state index contributed by atoms with van der Waals surface area (Å²) in [7, 11) is 0. The van der Waals surface area contributed by atoms with Gasteiger partial charge in [-0.3, -0.25) is 0 Å². The van der Waals surface area contributed by atoms with Gasteiger partial charge in [0.15, 0.2) is 11.6 Å². The molecule has 0 spiro atoms. The topological polar surface area (TPSA) is 75.9 Å². The first-order valence-corrected chi connectivity index (χ1v) is 8.81. The average molecular weight is 355 g/mol. The van der Waals surface area contributed by atoms with Crippen LogP contribution >= 0.6 is 0 Å². The summed E-state index contributed by atoms with van der Waals surface area (Å²) < 4.78 is 0. The van der Waals surface area contributed by atoms with Crippen molar-refractivity contribution < 1.29 is 0 Å². The van der Waals surface area contributed by atoms with Gasteiger partial charge in [0.05, 0.1) is 0 Å². The lowest BCUT2D eigenvalue weighted by molar-refractivity contribution is 1.17. The Bertz CT molecular complexity index is 1120. The van der Waals surface area contributed by atoms with E-state index in [-0.39, 0.29) is 0 Å². The lowest BCUT2D eigenvalue weighted by Crippen LogP contribution is -2.06. The van der Waals surface area contributed by atoms with Gasteiger partial charge in [-0.25, -0.2) is 9.97 Å². The summed E-state index contributed by atoms with van der Waals surface area (Å²) in [5, 5.41) is 8.93. The number of benzene rings is 3. The van der Waals surface area contributed by atoms with Gasteiger partial charge in [0.2, 0.25) is 0 Å². The predicted molar refractivity (Wildman–Crippen MR) is 113 cm³/mol. The van der Waals surface area contributed by atoms with E-state index in [1.54, 1.807) is 0 Å². The minimum atomic E-state index is 0.477. The summed E-state index contributed by atoms with van der Waals surface area (Å²) >= 11 is 0. The second kappa shape index (κ2) is 6.96. The molecule has 0 aliphatic carbocycles. The van der Waals surface area contributed by atoms with Gasteiger partial charge in [-0.05, 0) is 36.9 Å². The van der Waals surface area contributed by atoms with Crippen LogP contribution in [0.5, 0.6) is 0 Å². The third kappa shape index (κ3) is 3.40. The van der Waals surface area contributed by atoms with Gasteiger partial charge in [-0.15, -0.1) is 0 Å². The van der Waals surface area contributed by atoms with E-state index >= 15 is 0 Å². The van der Waals surface area contributed by atoms with Crippen LogP contribution in [0.15, 0.2) is 67.0 Å². The third-order valence-corrected chi connectivity index (χ3v) is 4.56. The highest BCUT2D eigenvalue weighted by Gasteiger charge is 2.11. The molecular formula is C22H21N5. The zero-order valence-corrected chi connectivity index (χ0v) is 15.3. The molecular weight excluding hydrogens is 334 g/mol. The molecule has 1 aromatic heterocycles. The number of nitrogen functional groups attached to an aromatic ring is 1. The minimum Gasteiger partial charge on any atom is -0.393 e. The molecule has 134 valence electrons. The van der Waals surface area contributed by atoms with E-state index in [1.165, 1.54) is 11.9 Å². The first-order valence-electron chi connectivity index (χ1n) is 8.81. The number of aromatic nitrogens is 2. The first-order chi connectivity index (χ1) is 13.1. The second-order valence-corrected chi connectivity index (χ2v) is 6.58. The van der Waals surface area contributed by atoms with E-state index in [2.05, 4.69) is 64.8 Å². The molecule has 0 saturated heterocycles. The van der Waals surface area contributed by atoms with Crippen LogP contribution in [0.25, 0.3) is 10.8 Å². The van der Waals surface area contributed by atoms with E-state index in [0.717, 1.165) is 27.7 Å². The van der Waals surface area contributed by atoms with Crippen molar-refractivity contribution >= 4 is 39.5 Å². The maximum absolute atomic E-state index is 6.35. The summed E-state index contributed by atoms with van der Waals surface area (Å²) in [4.78, 5) is 8.65. The molecule has 0 radical (unpaired) electrons. The van der Waals surface area contributed by atoms with Gasteiger partial charge in [0, 0.05) is 16.8 Å². The van der Waals surface area contributed by atoms with Gasteiger partial charge in [0.1, 0.15) is 12.0 Å². The van der Waals surface area contributed by atoms with Crippen molar-refractivity contribution in [3.8, 4) is 0 Å². The Balaban J connectivity index is 1.67. The summed E-state index contributed by atoms with van der Waals surface area (Å²) in [6, 6.07) is 20.5. The number of nitrogens with zero attached hydrogens (tertiary/aromatic N) is 2. The van der Waals surface area contributed by atoms with Crippen molar-refractivity contribution in [2.24, 2.45) is 0 Å². The van der Waals surface area contributed by atoms with E-state index in [0.29, 0.717) is 17.3 Å². The monoisotopic (exact) mass is 355 g/mol. The molecule has 0 bridgehead atoms. The lowest BCUT2D eigenvalue weighted by atomic mass is 10.1. The highest BCUT2D eigenvalue weighted by molar-refractivity contribution is 5.96. The van der Waals surface area contributed by atoms with Crippen LogP contribution in [0.1, 0.15) is 11.1 Å². The van der Waals surface area contributed by atoms with Crippen LogP contribution in [0.2, 0.25) is 0 Å². The molecule has 27 heavy (non-hydrogen) atoms. The van der Waals surface area contributed by atoms with Crippen molar-refractivity contribution in [3.05, 3.63) is 78.1 Å². The number of hydrogen-bond donors (Lipinski definition) is 3. The standard InChI is InChI=1S/C22H21N5/c1-14-10-11-18(15(2)12-14)26-21-20(23)22(25-13-24-21)27-19-9-5-7-16-6-3-4-8-17(16)19/h3-13H,23H2,1-2H3,(H2,24,25,26,27). The number of fused-ring (bicyclic) bond motifs is 1. The fraction of sp³-hybridized carbons (Fsp3) is 0.0909. The Morgan fingerprint density at radius 2 is 1.48 bits per heavy atom. The summed E-state index contributed by atoms with van der Waals surface area (Å²) in [5.74, 6) is 1.16. The molecule has 0 saturated carbocycles. The Kier molecular flexibility index (Phi) is 4.34. The minimum absolute atomic E-state index is 0.477. The third-order valence-electron chi connectivity index (χ3n) is 4.56. The second-order valence-electron chi connectivity index (χ2n) is 6.58. The fourth-order valence-electron chi connectivity index (χ4n) is 3.14. The molecule has 0 unspecified atom stereocenters. The Morgan fingerprint density at radius 1 is 0.778 bits per heavy atom. The largest absolute Gasteiger partial charge is 0.393 e. The molecule has 0 amide bonds. The Labute approximate surface area is 158 Å². The molecule has 4 aromatic rings. The molecule has 0 atom stereocenters. The van der Waals surface area contributed by atoms with Gasteiger partial charge in [-0.1, -0.05) is 54.1 Å². The summed E-state index contributed by atoms with van der Waals surface area (Å²) in [6.07, 6.45) is 1.51. The summed E-state index contributed by atoms with van der Waals surface area (Å²) in [6.45, 7) is 4.13. The number of anilines is 5. The smallest absolute Gasteiger partial charge is 0.159 e. The number of hydrogen-bond acceptors (Lipinski definition) is 5. The zero-order chi connectivity index (χ0) is 18.8. The average Bonchev–Trinajstić information content (AvgIpc) is 2.67. The van der Waals surface area contributed by atoms with Gasteiger partial charge in [0.25, 0.3) is 0 Å². The zero-order valence-electron chi connectivity index (χ0n) is 15.3.